The Labute approximate surface area is 119 Å². The zero-order valence-electron chi connectivity index (χ0n) is 10.7. The first-order valence-electron chi connectivity index (χ1n) is 6.07. The lowest BCUT2D eigenvalue weighted by molar-refractivity contribution is -0.0288. The van der Waals surface area contributed by atoms with Gasteiger partial charge in [0.1, 0.15) is 24.1 Å². The van der Waals surface area contributed by atoms with Crippen molar-refractivity contribution in [2.75, 3.05) is 17.7 Å². The third kappa shape index (κ3) is 2.03. The third-order valence-corrected chi connectivity index (χ3v) is 3.99. The molecule has 0 spiro atoms. The van der Waals surface area contributed by atoms with Crippen molar-refractivity contribution in [3.8, 4) is 0 Å². The van der Waals surface area contributed by atoms with Gasteiger partial charge >= 0.3 is 0 Å². The number of imidazole rings is 1. The van der Waals surface area contributed by atoms with Gasteiger partial charge in [0, 0.05) is 5.75 Å². The standard InChI is InChI=1S/C11H15N5O3S/c1-20-2-5-7(17)8(18)11(19-5)16-4-15-6-9(12)13-3-14-10(6)16/h3-5,7-8,11,17-18H,2H2,1H3,(H2,12,13,14)/t5-,7+,8+,11+/m1/s1. The van der Waals surface area contributed by atoms with Crippen molar-refractivity contribution >= 4 is 28.7 Å². The predicted octanol–water partition coefficient (Wildman–Crippen LogP) is -0.609. The SMILES string of the molecule is CSC[C@H]1O[C@H](n2cnc3c(N)ncnc32)[C@@H](O)[C@H]1O. The number of hydrogen-bond donors (Lipinski definition) is 3. The van der Waals surface area contributed by atoms with Gasteiger partial charge in [0.2, 0.25) is 0 Å². The minimum atomic E-state index is -1.04. The Bertz CT molecular complexity index is 621. The fourth-order valence-corrected chi connectivity index (χ4v) is 2.92. The second-order valence-corrected chi connectivity index (χ2v) is 5.50. The van der Waals surface area contributed by atoms with Crippen LogP contribution in [-0.4, -0.2) is 60.1 Å². The van der Waals surface area contributed by atoms with Crippen LogP contribution < -0.4 is 5.73 Å². The Morgan fingerprint density at radius 3 is 2.90 bits per heavy atom. The summed E-state index contributed by atoms with van der Waals surface area (Å²) < 4.78 is 7.29. The topological polar surface area (TPSA) is 119 Å². The number of hydrogen-bond acceptors (Lipinski definition) is 8. The Hall–Kier alpha value is -1.42. The summed E-state index contributed by atoms with van der Waals surface area (Å²) in [5, 5.41) is 20.2. The molecule has 0 amide bonds. The van der Waals surface area contributed by atoms with Crippen LogP contribution in [-0.2, 0) is 4.74 Å². The molecule has 1 aliphatic rings. The van der Waals surface area contributed by atoms with Gasteiger partial charge in [-0.25, -0.2) is 15.0 Å². The van der Waals surface area contributed by atoms with Crippen LogP contribution in [0.25, 0.3) is 11.2 Å². The highest BCUT2D eigenvalue weighted by Crippen LogP contribution is 2.32. The van der Waals surface area contributed by atoms with Gasteiger partial charge < -0.3 is 20.7 Å². The summed E-state index contributed by atoms with van der Waals surface area (Å²) in [6.07, 6.45) is 1.58. The molecule has 3 rings (SSSR count). The number of nitrogens with two attached hydrogens (primary N) is 1. The number of aliphatic hydroxyl groups excluding tert-OH is 2. The average molecular weight is 297 g/mol. The van der Waals surface area contributed by atoms with Gasteiger partial charge in [-0.2, -0.15) is 11.8 Å². The molecular formula is C11H15N5O3S. The molecule has 2 aromatic heterocycles. The second kappa shape index (κ2) is 5.17. The molecule has 0 aromatic carbocycles. The lowest BCUT2D eigenvalue weighted by atomic mass is 10.1. The minimum absolute atomic E-state index is 0.266. The first kappa shape index (κ1) is 13.6. The van der Waals surface area contributed by atoms with E-state index in [-0.39, 0.29) is 5.82 Å². The number of nitrogen functional groups attached to an aromatic ring is 1. The number of rotatable bonds is 3. The van der Waals surface area contributed by atoms with Crippen molar-refractivity contribution in [2.45, 2.75) is 24.5 Å². The average Bonchev–Trinajstić information content (AvgIpc) is 2.97. The van der Waals surface area contributed by atoms with E-state index in [9.17, 15) is 10.2 Å². The Morgan fingerprint density at radius 1 is 1.35 bits per heavy atom. The van der Waals surface area contributed by atoms with Gasteiger partial charge in [-0.15, -0.1) is 0 Å². The largest absolute Gasteiger partial charge is 0.387 e. The zero-order valence-corrected chi connectivity index (χ0v) is 11.6. The van der Waals surface area contributed by atoms with E-state index in [1.54, 1.807) is 16.3 Å². The molecule has 8 nitrogen and oxygen atoms in total. The molecule has 0 bridgehead atoms. The van der Waals surface area contributed by atoms with E-state index in [4.69, 9.17) is 10.5 Å². The number of aliphatic hydroxyl groups is 2. The summed E-state index contributed by atoms with van der Waals surface area (Å²) in [6.45, 7) is 0. The van der Waals surface area contributed by atoms with Gasteiger partial charge in [-0.1, -0.05) is 0 Å². The summed E-state index contributed by atoms with van der Waals surface area (Å²) >= 11 is 1.54. The molecule has 0 unspecified atom stereocenters. The maximum atomic E-state index is 10.1. The van der Waals surface area contributed by atoms with Crippen LogP contribution in [0.15, 0.2) is 12.7 Å². The summed E-state index contributed by atoms with van der Waals surface area (Å²) in [5.41, 5.74) is 6.64. The highest BCUT2D eigenvalue weighted by atomic mass is 32.2. The van der Waals surface area contributed by atoms with E-state index in [1.165, 1.54) is 12.7 Å². The van der Waals surface area contributed by atoms with Crippen molar-refractivity contribution in [2.24, 2.45) is 0 Å². The molecule has 2 aromatic rings. The molecule has 0 saturated carbocycles. The van der Waals surface area contributed by atoms with Gasteiger partial charge in [-0.3, -0.25) is 4.57 Å². The van der Waals surface area contributed by atoms with E-state index in [2.05, 4.69) is 15.0 Å². The Morgan fingerprint density at radius 2 is 2.15 bits per heavy atom. The minimum Gasteiger partial charge on any atom is -0.387 e. The maximum absolute atomic E-state index is 10.1. The van der Waals surface area contributed by atoms with Crippen molar-refractivity contribution in [3.63, 3.8) is 0 Å². The molecule has 4 N–H and O–H groups in total. The van der Waals surface area contributed by atoms with E-state index >= 15 is 0 Å². The molecule has 0 aliphatic carbocycles. The van der Waals surface area contributed by atoms with Gasteiger partial charge in [-0.05, 0) is 6.26 Å². The summed E-state index contributed by atoms with van der Waals surface area (Å²) in [5.74, 6) is 0.862. The van der Waals surface area contributed by atoms with Crippen LogP contribution in [0.3, 0.4) is 0 Å². The fourth-order valence-electron chi connectivity index (χ4n) is 2.32. The number of aromatic nitrogens is 4. The van der Waals surface area contributed by atoms with Gasteiger partial charge in [0.25, 0.3) is 0 Å². The van der Waals surface area contributed by atoms with E-state index in [0.717, 1.165) is 0 Å². The van der Waals surface area contributed by atoms with E-state index < -0.39 is 24.5 Å². The summed E-state index contributed by atoms with van der Waals surface area (Å²) in [7, 11) is 0. The van der Waals surface area contributed by atoms with Crippen LogP contribution >= 0.6 is 11.8 Å². The lowest BCUT2D eigenvalue weighted by Crippen LogP contribution is -2.32. The van der Waals surface area contributed by atoms with E-state index in [1.807, 2.05) is 6.26 Å². The molecule has 108 valence electrons. The zero-order chi connectivity index (χ0) is 14.3. The maximum Gasteiger partial charge on any atom is 0.167 e. The number of anilines is 1. The quantitative estimate of drug-likeness (QED) is 0.686. The number of nitrogens with zero attached hydrogens (tertiary/aromatic N) is 4. The molecule has 4 atom stereocenters. The molecule has 1 saturated heterocycles. The van der Waals surface area contributed by atoms with Gasteiger partial charge in [0.15, 0.2) is 17.7 Å². The molecular weight excluding hydrogens is 282 g/mol. The predicted molar refractivity (Wildman–Crippen MR) is 74.0 cm³/mol. The highest BCUT2D eigenvalue weighted by Gasteiger charge is 2.43. The van der Waals surface area contributed by atoms with Gasteiger partial charge in [0.05, 0.1) is 12.4 Å². The molecule has 1 fully saturated rings. The molecule has 20 heavy (non-hydrogen) atoms. The Kier molecular flexibility index (Phi) is 3.50. The Balaban J connectivity index is 1.97. The first-order valence-corrected chi connectivity index (χ1v) is 7.46. The normalized spacial score (nSPS) is 30.1. The number of ether oxygens (including phenoxy) is 1. The number of thioether (sulfide) groups is 1. The summed E-state index contributed by atoms with van der Waals surface area (Å²) in [6, 6.07) is 0. The van der Waals surface area contributed by atoms with Crippen molar-refractivity contribution in [1.82, 2.24) is 19.5 Å². The second-order valence-electron chi connectivity index (χ2n) is 4.58. The van der Waals surface area contributed by atoms with Crippen LogP contribution in [0.2, 0.25) is 0 Å². The third-order valence-electron chi connectivity index (χ3n) is 3.33. The lowest BCUT2D eigenvalue weighted by Gasteiger charge is -2.16. The van der Waals surface area contributed by atoms with E-state index in [0.29, 0.717) is 16.9 Å². The van der Waals surface area contributed by atoms with Crippen LogP contribution in [0.5, 0.6) is 0 Å². The first-order chi connectivity index (χ1) is 9.63. The van der Waals surface area contributed by atoms with Crippen molar-refractivity contribution < 1.29 is 14.9 Å². The van der Waals surface area contributed by atoms with Crippen molar-refractivity contribution in [1.29, 1.82) is 0 Å². The molecule has 0 radical (unpaired) electrons. The molecule has 9 heteroatoms. The van der Waals surface area contributed by atoms with Crippen LogP contribution in [0.4, 0.5) is 5.82 Å². The number of fused-ring (bicyclic) bond motifs is 1. The monoisotopic (exact) mass is 297 g/mol. The smallest absolute Gasteiger partial charge is 0.167 e. The van der Waals surface area contributed by atoms with Crippen molar-refractivity contribution in [3.05, 3.63) is 12.7 Å². The van der Waals surface area contributed by atoms with Crippen LogP contribution in [0, 0.1) is 0 Å². The highest BCUT2D eigenvalue weighted by molar-refractivity contribution is 7.98. The van der Waals surface area contributed by atoms with Crippen LogP contribution in [0.1, 0.15) is 6.23 Å². The molecule has 1 aliphatic heterocycles. The summed E-state index contributed by atoms with van der Waals surface area (Å²) in [4.78, 5) is 12.1. The molecule has 3 heterocycles. The fraction of sp³-hybridized carbons (Fsp3) is 0.545.